The van der Waals surface area contributed by atoms with E-state index in [0.29, 0.717) is 11.7 Å². The van der Waals surface area contributed by atoms with Crippen molar-refractivity contribution in [2.75, 3.05) is 11.4 Å². The lowest BCUT2D eigenvalue weighted by atomic mass is 10.2. The van der Waals surface area contributed by atoms with E-state index in [1.54, 1.807) is 6.20 Å². The van der Waals surface area contributed by atoms with Gasteiger partial charge in [0.1, 0.15) is 11.5 Å². The van der Waals surface area contributed by atoms with Crippen molar-refractivity contribution in [2.24, 2.45) is 11.7 Å². The fourth-order valence-corrected chi connectivity index (χ4v) is 2.18. The van der Waals surface area contributed by atoms with Crippen LogP contribution in [0.3, 0.4) is 0 Å². The van der Waals surface area contributed by atoms with Crippen LogP contribution in [0.15, 0.2) is 18.3 Å². The minimum absolute atomic E-state index is 0.0500. The molecule has 3 N–H and O–H groups in total. The second-order valence-electron chi connectivity index (χ2n) is 5.14. The summed E-state index contributed by atoms with van der Waals surface area (Å²) in [5, 5.41) is 7.45. The average molecular weight is 230 g/mol. The Kier molecular flexibility index (Phi) is 2.50. The van der Waals surface area contributed by atoms with Gasteiger partial charge in [0.15, 0.2) is 0 Å². The third-order valence-corrected chi connectivity index (χ3v) is 3.49. The van der Waals surface area contributed by atoms with E-state index in [4.69, 9.17) is 11.1 Å². The summed E-state index contributed by atoms with van der Waals surface area (Å²) >= 11 is 0. The van der Waals surface area contributed by atoms with E-state index in [-0.39, 0.29) is 5.84 Å². The van der Waals surface area contributed by atoms with Crippen LogP contribution in [-0.2, 0) is 0 Å². The van der Waals surface area contributed by atoms with Crippen molar-refractivity contribution in [3.05, 3.63) is 24.0 Å². The molecule has 0 unspecified atom stereocenters. The number of aromatic nitrogens is 1. The Bertz CT molecular complexity index is 435. The maximum Gasteiger partial charge on any atom is 0.141 e. The topological polar surface area (TPSA) is 66.0 Å². The first kappa shape index (κ1) is 10.6. The maximum absolute atomic E-state index is 7.45. The van der Waals surface area contributed by atoms with Gasteiger partial charge in [0.2, 0.25) is 0 Å². The van der Waals surface area contributed by atoms with Crippen LogP contribution in [0.2, 0.25) is 0 Å². The van der Waals surface area contributed by atoms with Gasteiger partial charge in [-0.05, 0) is 43.7 Å². The second kappa shape index (κ2) is 4.02. The van der Waals surface area contributed by atoms with Crippen molar-refractivity contribution >= 4 is 11.5 Å². The number of pyridine rings is 1. The molecule has 0 aromatic carbocycles. The van der Waals surface area contributed by atoms with Gasteiger partial charge >= 0.3 is 0 Å². The summed E-state index contributed by atoms with van der Waals surface area (Å²) in [5.74, 6) is 0.929. The van der Waals surface area contributed by atoms with E-state index in [1.165, 1.54) is 31.4 Å². The molecule has 2 aliphatic rings. The Hall–Kier alpha value is -1.58. The average Bonchev–Trinajstić information content (AvgIpc) is 3.18. The van der Waals surface area contributed by atoms with Gasteiger partial charge in [0.05, 0.1) is 0 Å². The SMILES string of the molecule is N=C(N)c1cc(N(CC2CC2)C2CC2)ccn1. The molecule has 0 radical (unpaired) electrons. The molecular weight excluding hydrogens is 212 g/mol. The Balaban J connectivity index is 1.83. The molecule has 1 aromatic heterocycles. The summed E-state index contributed by atoms with van der Waals surface area (Å²) in [6, 6.07) is 4.69. The number of nitrogens with two attached hydrogens (primary N) is 1. The maximum atomic E-state index is 7.45. The van der Waals surface area contributed by atoms with E-state index >= 15 is 0 Å². The van der Waals surface area contributed by atoms with Gasteiger partial charge in [0, 0.05) is 24.5 Å². The zero-order valence-corrected chi connectivity index (χ0v) is 9.89. The van der Waals surface area contributed by atoms with Gasteiger partial charge in [-0.1, -0.05) is 0 Å². The van der Waals surface area contributed by atoms with Crippen molar-refractivity contribution in [3.63, 3.8) is 0 Å². The summed E-state index contributed by atoms with van der Waals surface area (Å²) in [4.78, 5) is 6.60. The fraction of sp³-hybridized carbons (Fsp3) is 0.538. The van der Waals surface area contributed by atoms with E-state index in [9.17, 15) is 0 Å². The van der Waals surface area contributed by atoms with Crippen LogP contribution in [0, 0.1) is 11.3 Å². The van der Waals surface area contributed by atoms with Gasteiger partial charge in [0.25, 0.3) is 0 Å². The summed E-state index contributed by atoms with van der Waals surface area (Å²) in [5.41, 5.74) is 7.26. The molecule has 4 nitrogen and oxygen atoms in total. The molecule has 0 amide bonds. The number of hydrogen-bond donors (Lipinski definition) is 2. The molecule has 0 bridgehead atoms. The second-order valence-corrected chi connectivity index (χ2v) is 5.14. The Morgan fingerprint density at radius 1 is 1.41 bits per heavy atom. The lowest BCUT2D eigenvalue weighted by Crippen LogP contribution is -2.28. The van der Waals surface area contributed by atoms with Gasteiger partial charge in [-0.3, -0.25) is 10.4 Å². The highest BCUT2D eigenvalue weighted by Gasteiger charge is 2.33. The molecule has 1 heterocycles. The van der Waals surface area contributed by atoms with Crippen LogP contribution < -0.4 is 10.6 Å². The molecule has 3 rings (SSSR count). The van der Waals surface area contributed by atoms with Crippen molar-refractivity contribution in [1.82, 2.24) is 4.98 Å². The van der Waals surface area contributed by atoms with E-state index in [0.717, 1.165) is 12.5 Å². The predicted octanol–water partition coefficient (Wildman–Crippen LogP) is 1.74. The highest BCUT2D eigenvalue weighted by Crippen LogP contribution is 2.37. The number of hydrogen-bond acceptors (Lipinski definition) is 3. The van der Waals surface area contributed by atoms with Gasteiger partial charge in [-0.25, -0.2) is 0 Å². The Morgan fingerprint density at radius 3 is 2.76 bits per heavy atom. The third kappa shape index (κ3) is 2.40. The van der Waals surface area contributed by atoms with Crippen molar-refractivity contribution in [1.29, 1.82) is 5.41 Å². The van der Waals surface area contributed by atoms with Crippen LogP contribution in [0.5, 0.6) is 0 Å². The minimum Gasteiger partial charge on any atom is -0.382 e. The molecule has 0 saturated heterocycles. The largest absolute Gasteiger partial charge is 0.382 e. The zero-order chi connectivity index (χ0) is 11.8. The summed E-state index contributed by atoms with van der Waals surface area (Å²) in [7, 11) is 0. The molecule has 0 aliphatic heterocycles. The number of nitrogens with zero attached hydrogens (tertiary/aromatic N) is 2. The van der Waals surface area contributed by atoms with Gasteiger partial charge in [-0.2, -0.15) is 0 Å². The monoisotopic (exact) mass is 230 g/mol. The molecule has 2 fully saturated rings. The van der Waals surface area contributed by atoms with Gasteiger partial charge in [-0.15, -0.1) is 0 Å². The lowest BCUT2D eigenvalue weighted by Gasteiger charge is -2.24. The highest BCUT2D eigenvalue weighted by atomic mass is 15.2. The number of rotatable bonds is 5. The van der Waals surface area contributed by atoms with Crippen LogP contribution in [0.1, 0.15) is 31.4 Å². The number of amidine groups is 1. The van der Waals surface area contributed by atoms with Crippen LogP contribution in [0.4, 0.5) is 5.69 Å². The highest BCUT2D eigenvalue weighted by molar-refractivity contribution is 5.93. The molecule has 17 heavy (non-hydrogen) atoms. The number of nitrogens with one attached hydrogen (secondary N) is 1. The van der Waals surface area contributed by atoms with Crippen LogP contribution in [0.25, 0.3) is 0 Å². The van der Waals surface area contributed by atoms with E-state index in [1.807, 2.05) is 12.1 Å². The molecule has 2 aliphatic carbocycles. The quantitative estimate of drug-likeness (QED) is 0.598. The van der Waals surface area contributed by atoms with Gasteiger partial charge < -0.3 is 10.6 Å². The molecule has 0 spiro atoms. The van der Waals surface area contributed by atoms with Crippen LogP contribution >= 0.6 is 0 Å². The zero-order valence-electron chi connectivity index (χ0n) is 9.89. The first-order valence-electron chi connectivity index (χ1n) is 6.31. The number of anilines is 1. The molecule has 2 saturated carbocycles. The Morgan fingerprint density at radius 2 is 2.18 bits per heavy atom. The Labute approximate surface area is 101 Å². The molecular formula is C13H18N4. The first-order chi connectivity index (χ1) is 8.24. The number of nitrogen functional groups attached to an aromatic ring is 1. The van der Waals surface area contributed by atoms with Crippen molar-refractivity contribution in [2.45, 2.75) is 31.7 Å². The molecule has 90 valence electrons. The summed E-state index contributed by atoms with van der Waals surface area (Å²) in [6.07, 6.45) is 7.09. The normalized spacial score (nSPS) is 19.1. The van der Waals surface area contributed by atoms with E-state index < -0.39 is 0 Å². The van der Waals surface area contributed by atoms with Crippen molar-refractivity contribution < 1.29 is 0 Å². The smallest absolute Gasteiger partial charge is 0.141 e. The molecule has 4 heteroatoms. The summed E-state index contributed by atoms with van der Waals surface area (Å²) in [6.45, 7) is 1.16. The summed E-state index contributed by atoms with van der Waals surface area (Å²) < 4.78 is 0. The minimum atomic E-state index is 0.0500. The van der Waals surface area contributed by atoms with E-state index in [2.05, 4.69) is 9.88 Å². The fourth-order valence-electron chi connectivity index (χ4n) is 2.18. The molecule has 1 aromatic rings. The van der Waals surface area contributed by atoms with Crippen LogP contribution in [-0.4, -0.2) is 23.4 Å². The molecule has 0 atom stereocenters. The van der Waals surface area contributed by atoms with Crippen molar-refractivity contribution in [3.8, 4) is 0 Å². The first-order valence-corrected chi connectivity index (χ1v) is 6.31. The lowest BCUT2D eigenvalue weighted by molar-refractivity contribution is 0.718. The third-order valence-electron chi connectivity index (χ3n) is 3.49. The predicted molar refractivity (Wildman–Crippen MR) is 68.3 cm³/mol. The standard InChI is InChI=1S/C13H18N4/c14-13(15)12-7-11(5-6-16-12)17(10-3-4-10)8-9-1-2-9/h5-7,9-10H,1-4,8H2,(H3,14,15).